The predicted molar refractivity (Wildman–Crippen MR) is 125 cm³/mol. The van der Waals surface area contributed by atoms with E-state index in [0.29, 0.717) is 35.1 Å². The fraction of sp³-hybridized carbons (Fsp3) is 0.429. The summed E-state index contributed by atoms with van der Waals surface area (Å²) in [5, 5.41) is 23.3. The molecule has 0 aliphatic heterocycles. The van der Waals surface area contributed by atoms with Gasteiger partial charge < -0.3 is 10.6 Å². The van der Waals surface area contributed by atoms with Crippen LogP contribution in [0.5, 0.6) is 0 Å². The van der Waals surface area contributed by atoms with Crippen molar-refractivity contribution in [1.82, 2.24) is 25.1 Å². The number of fused-ring (bicyclic) bond motifs is 1. The number of nitrogens with one attached hydrogen (secondary N) is 2. The minimum atomic E-state index is -0.524. The Bertz CT molecular complexity index is 1110. The van der Waals surface area contributed by atoms with Crippen molar-refractivity contribution in [2.75, 3.05) is 18.4 Å². The highest BCUT2D eigenvalue weighted by Gasteiger charge is 2.15. The highest BCUT2D eigenvalue weighted by molar-refractivity contribution is 7.99. The van der Waals surface area contributed by atoms with E-state index < -0.39 is 4.92 Å². The number of nitro groups is 1. The third-order valence-corrected chi connectivity index (χ3v) is 5.29. The third kappa shape index (κ3) is 5.94. The van der Waals surface area contributed by atoms with E-state index in [9.17, 15) is 14.9 Å². The summed E-state index contributed by atoms with van der Waals surface area (Å²) in [5.41, 5.74) is 0.811. The lowest BCUT2D eigenvalue weighted by atomic mass is 10.2. The molecule has 11 heteroatoms. The number of hydrogen-bond acceptors (Lipinski definition) is 8. The Kier molecular flexibility index (Phi) is 7.62. The molecule has 0 saturated heterocycles. The summed E-state index contributed by atoms with van der Waals surface area (Å²) in [5.74, 6) is 0.828. The van der Waals surface area contributed by atoms with E-state index in [2.05, 4.69) is 53.4 Å². The van der Waals surface area contributed by atoms with Crippen LogP contribution in [0.4, 0.5) is 11.5 Å². The van der Waals surface area contributed by atoms with Crippen molar-refractivity contribution in [2.45, 2.75) is 44.6 Å². The standard InChI is InChI=1S/C21H27N7O3S/c1-13(2)11-23-18-17-12-24-27(19(17)26-21(25-18)32-14(3)4)9-8-22-20(29)15-6-5-7-16(10-15)28(30)31/h5-7,10,12-14H,8-9,11H2,1-4H3,(H,22,29)(H,23,25,26). The summed E-state index contributed by atoms with van der Waals surface area (Å²) in [6.07, 6.45) is 1.73. The molecule has 0 aliphatic carbocycles. The Morgan fingerprint density at radius 1 is 1.25 bits per heavy atom. The van der Waals surface area contributed by atoms with Gasteiger partial charge in [0.25, 0.3) is 11.6 Å². The van der Waals surface area contributed by atoms with Gasteiger partial charge in [-0.25, -0.2) is 14.6 Å². The number of aromatic nitrogens is 4. The molecule has 0 atom stereocenters. The maximum absolute atomic E-state index is 12.4. The highest BCUT2D eigenvalue weighted by Crippen LogP contribution is 2.26. The molecular formula is C21H27N7O3S. The second-order valence-electron chi connectivity index (χ2n) is 7.96. The van der Waals surface area contributed by atoms with E-state index in [1.165, 1.54) is 18.2 Å². The van der Waals surface area contributed by atoms with Crippen LogP contribution in [-0.2, 0) is 6.54 Å². The number of hydrogen-bond donors (Lipinski definition) is 2. The van der Waals surface area contributed by atoms with Crippen LogP contribution in [0.1, 0.15) is 38.1 Å². The zero-order chi connectivity index (χ0) is 23.3. The number of anilines is 1. The molecule has 3 aromatic rings. The average molecular weight is 458 g/mol. The lowest BCUT2D eigenvalue weighted by Gasteiger charge is -2.12. The van der Waals surface area contributed by atoms with Gasteiger partial charge in [0.15, 0.2) is 10.8 Å². The van der Waals surface area contributed by atoms with Crippen molar-refractivity contribution >= 4 is 40.2 Å². The quantitative estimate of drug-likeness (QED) is 0.204. The number of thioether (sulfide) groups is 1. The summed E-state index contributed by atoms with van der Waals surface area (Å²) >= 11 is 1.58. The van der Waals surface area contributed by atoms with Gasteiger partial charge in [-0.15, -0.1) is 0 Å². The van der Waals surface area contributed by atoms with Crippen LogP contribution in [0.3, 0.4) is 0 Å². The molecular weight excluding hydrogens is 430 g/mol. The van der Waals surface area contributed by atoms with Gasteiger partial charge in [0.1, 0.15) is 5.82 Å². The van der Waals surface area contributed by atoms with Gasteiger partial charge in [0.05, 0.1) is 23.1 Å². The molecule has 0 saturated carbocycles. The summed E-state index contributed by atoms with van der Waals surface area (Å²) in [6.45, 7) is 9.90. The number of carbonyl (C=O) groups is 1. The molecule has 0 aliphatic rings. The zero-order valence-electron chi connectivity index (χ0n) is 18.5. The minimum Gasteiger partial charge on any atom is -0.369 e. The first-order valence-electron chi connectivity index (χ1n) is 10.4. The molecule has 32 heavy (non-hydrogen) atoms. The van der Waals surface area contributed by atoms with Crippen molar-refractivity contribution in [3.63, 3.8) is 0 Å². The molecule has 2 N–H and O–H groups in total. The normalized spacial score (nSPS) is 11.3. The van der Waals surface area contributed by atoms with E-state index in [1.807, 2.05) is 0 Å². The van der Waals surface area contributed by atoms with Crippen molar-refractivity contribution in [3.8, 4) is 0 Å². The van der Waals surface area contributed by atoms with E-state index in [-0.39, 0.29) is 17.2 Å². The number of rotatable bonds is 10. The van der Waals surface area contributed by atoms with E-state index in [4.69, 9.17) is 0 Å². The monoisotopic (exact) mass is 457 g/mol. The van der Waals surface area contributed by atoms with Crippen LogP contribution in [0.2, 0.25) is 0 Å². The van der Waals surface area contributed by atoms with E-state index in [0.717, 1.165) is 17.7 Å². The van der Waals surface area contributed by atoms with Gasteiger partial charge in [-0.3, -0.25) is 14.9 Å². The third-order valence-electron chi connectivity index (χ3n) is 4.42. The number of carbonyl (C=O) groups excluding carboxylic acids is 1. The molecule has 10 nitrogen and oxygen atoms in total. The smallest absolute Gasteiger partial charge is 0.270 e. The van der Waals surface area contributed by atoms with Crippen LogP contribution in [-0.4, -0.2) is 48.9 Å². The molecule has 1 aromatic carbocycles. The molecule has 1 amide bonds. The number of benzene rings is 1. The Hall–Kier alpha value is -3.21. The van der Waals surface area contributed by atoms with Crippen molar-refractivity contribution < 1.29 is 9.72 Å². The zero-order valence-corrected chi connectivity index (χ0v) is 19.3. The largest absolute Gasteiger partial charge is 0.369 e. The summed E-state index contributed by atoms with van der Waals surface area (Å²) in [6, 6.07) is 5.64. The predicted octanol–water partition coefficient (Wildman–Crippen LogP) is 3.73. The summed E-state index contributed by atoms with van der Waals surface area (Å²) in [4.78, 5) is 32.1. The summed E-state index contributed by atoms with van der Waals surface area (Å²) < 4.78 is 1.73. The second-order valence-corrected chi connectivity index (χ2v) is 9.51. The first-order valence-corrected chi connectivity index (χ1v) is 11.3. The van der Waals surface area contributed by atoms with Crippen molar-refractivity contribution in [1.29, 1.82) is 0 Å². The minimum absolute atomic E-state index is 0.121. The molecule has 0 bridgehead atoms. The second kappa shape index (κ2) is 10.4. The SMILES string of the molecule is CC(C)CNc1nc(SC(C)C)nc2c1cnn2CCNC(=O)c1cccc([N+](=O)[O-])c1. The molecule has 2 aromatic heterocycles. The van der Waals surface area contributed by atoms with Crippen LogP contribution in [0.15, 0.2) is 35.6 Å². The molecule has 0 spiro atoms. The Labute approximate surface area is 190 Å². The molecule has 0 radical (unpaired) electrons. The lowest BCUT2D eigenvalue weighted by molar-refractivity contribution is -0.384. The number of nitro benzene ring substituents is 1. The van der Waals surface area contributed by atoms with Gasteiger partial charge in [-0.05, 0) is 12.0 Å². The van der Waals surface area contributed by atoms with E-state index >= 15 is 0 Å². The molecule has 0 unspecified atom stereocenters. The fourth-order valence-electron chi connectivity index (χ4n) is 2.94. The van der Waals surface area contributed by atoms with Gasteiger partial charge in [0, 0.05) is 36.0 Å². The number of nitrogens with zero attached hydrogens (tertiary/aromatic N) is 5. The Balaban J connectivity index is 1.75. The number of amides is 1. The fourth-order valence-corrected chi connectivity index (χ4v) is 3.64. The van der Waals surface area contributed by atoms with Gasteiger partial charge in [-0.2, -0.15) is 5.10 Å². The average Bonchev–Trinajstić information content (AvgIpc) is 3.14. The maximum Gasteiger partial charge on any atom is 0.270 e. The first-order chi connectivity index (χ1) is 15.2. The van der Waals surface area contributed by atoms with E-state index in [1.54, 1.807) is 28.7 Å². The Morgan fingerprint density at radius 3 is 2.72 bits per heavy atom. The van der Waals surface area contributed by atoms with Crippen molar-refractivity contribution in [2.24, 2.45) is 5.92 Å². The summed E-state index contributed by atoms with van der Waals surface area (Å²) in [7, 11) is 0. The molecule has 3 rings (SSSR count). The maximum atomic E-state index is 12.4. The first kappa shape index (κ1) is 23.5. The van der Waals surface area contributed by atoms with Crippen LogP contribution >= 0.6 is 11.8 Å². The van der Waals surface area contributed by atoms with Crippen LogP contribution < -0.4 is 10.6 Å². The van der Waals surface area contributed by atoms with Gasteiger partial charge in [-0.1, -0.05) is 45.5 Å². The van der Waals surface area contributed by atoms with Crippen LogP contribution in [0.25, 0.3) is 11.0 Å². The van der Waals surface area contributed by atoms with Gasteiger partial charge >= 0.3 is 0 Å². The molecule has 170 valence electrons. The molecule has 0 fully saturated rings. The Morgan fingerprint density at radius 2 is 2.03 bits per heavy atom. The lowest BCUT2D eigenvalue weighted by Crippen LogP contribution is -2.27. The number of non-ortho nitro benzene ring substituents is 1. The van der Waals surface area contributed by atoms with Crippen LogP contribution in [0, 0.1) is 16.0 Å². The van der Waals surface area contributed by atoms with Crippen molar-refractivity contribution in [3.05, 3.63) is 46.1 Å². The topological polar surface area (TPSA) is 128 Å². The molecule has 2 heterocycles. The van der Waals surface area contributed by atoms with Gasteiger partial charge in [0.2, 0.25) is 0 Å². The highest BCUT2D eigenvalue weighted by atomic mass is 32.2.